The summed E-state index contributed by atoms with van der Waals surface area (Å²) in [6.07, 6.45) is -14.8. The number of hydrogen-bond donors (Lipinski definition) is 11. The van der Waals surface area contributed by atoms with Gasteiger partial charge in [-0.1, -0.05) is 39.3 Å². The van der Waals surface area contributed by atoms with Crippen LogP contribution in [0, 0.1) is 46.3 Å². The number of aliphatic hydroxyl groups is 10. The molecule has 5 heterocycles. The van der Waals surface area contributed by atoms with Gasteiger partial charge < -0.3 is 84.2 Å². The molecule has 360 valence electrons. The van der Waals surface area contributed by atoms with E-state index in [4.69, 9.17) is 33.2 Å². The number of ether oxygens (including phenoxy) is 7. The zero-order valence-electron chi connectivity index (χ0n) is 37.0. The molecule has 18 nitrogen and oxygen atoms in total. The molecule has 0 amide bonds. The number of hydrogen-bond acceptors (Lipinski definition) is 18. The summed E-state index contributed by atoms with van der Waals surface area (Å²) in [6, 6.07) is 0. The van der Waals surface area contributed by atoms with E-state index < -0.39 is 123 Å². The highest BCUT2D eigenvalue weighted by Crippen LogP contribution is 2.70. The van der Waals surface area contributed by atoms with Crippen molar-refractivity contribution < 1.29 is 84.2 Å². The molecule has 5 saturated heterocycles. The number of fused-ring (bicyclic) bond motifs is 7. The predicted octanol–water partition coefficient (Wildman–Crippen LogP) is -1.24. The first kappa shape index (κ1) is 47.1. The van der Waals surface area contributed by atoms with Crippen molar-refractivity contribution in [2.45, 2.75) is 202 Å². The van der Waals surface area contributed by atoms with Gasteiger partial charge in [0.2, 0.25) is 0 Å². The second-order valence-electron chi connectivity index (χ2n) is 21.3. The maximum atomic E-state index is 11.6. The summed E-state index contributed by atoms with van der Waals surface area (Å²) >= 11 is 0. The third-order valence-electron chi connectivity index (χ3n) is 17.9. The van der Waals surface area contributed by atoms with Crippen molar-refractivity contribution in [3.8, 4) is 0 Å². The summed E-state index contributed by atoms with van der Waals surface area (Å²) in [7, 11) is 0. The normalized spacial score (nSPS) is 58.1. The molecule has 4 aliphatic carbocycles. The Bertz CT molecular complexity index is 1660. The van der Waals surface area contributed by atoms with Gasteiger partial charge in [-0.3, -0.25) is 5.32 Å². The molecule has 9 rings (SSSR count). The van der Waals surface area contributed by atoms with Gasteiger partial charge in [-0.15, -0.1) is 0 Å². The smallest absolute Gasteiger partial charge is 0.187 e. The van der Waals surface area contributed by atoms with Crippen LogP contribution in [0.1, 0.15) is 86.0 Å². The summed E-state index contributed by atoms with van der Waals surface area (Å²) in [4.78, 5) is 0. The minimum absolute atomic E-state index is 0.0815. The zero-order valence-corrected chi connectivity index (χ0v) is 37.0. The lowest BCUT2D eigenvalue weighted by atomic mass is 9.46. The second kappa shape index (κ2) is 17.5. The van der Waals surface area contributed by atoms with Gasteiger partial charge in [0.25, 0.3) is 0 Å². The molecular formula is C45H73NO17. The van der Waals surface area contributed by atoms with Crippen LogP contribution < -0.4 is 5.32 Å². The molecule has 9 aliphatic rings. The monoisotopic (exact) mass is 899 g/mol. The number of rotatable bonds is 8. The van der Waals surface area contributed by atoms with Crippen molar-refractivity contribution in [1.82, 2.24) is 5.32 Å². The quantitative estimate of drug-likeness (QED) is 0.127. The molecule has 0 unspecified atom stereocenters. The molecule has 8 fully saturated rings. The Balaban J connectivity index is 0.941. The van der Waals surface area contributed by atoms with Gasteiger partial charge in [-0.2, -0.15) is 0 Å². The lowest BCUT2D eigenvalue weighted by Gasteiger charge is -2.59. The predicted molar refractivity (Wildman–Crippen MR) is 218 cm³/mol. The van der Waals surface area contributed by atoms with Crippen molar-refractivity contribution in [2.75, 3.05) is 19.8 Å². The fourth-order valence-electron chi connectivity index (χ4n) is 14.3. The van der Waals surface area contributed by atoms with E-state index in [9.17, 15) is 51.1 Å². The van der Waals surface area contributed by atoms with E-state index >= 15 is 0 Å². The van der Waals surface area contributed by atoms with Crippen molar-refractivity contribution in [1.29, 1.82) is 0 Å². The molecule has 27 atom stereocenters. The van der Waals surface area contributed by atoms with Gasteiger partial charge in [0.1, 0.15) is 72.9 Å². The van der Waals surface area contributed by atoms with Gasteiger partial charge in [-0.05, 0) is 98.7 Å². The Morgan fingerprint density at radius 3 is 2.05 bits per heavy atom. The fourth-order valence-corrected chi connectivity index (χ4v) is 14.3. The third kappa shape index (κ3) is 7.62. The highest BCUT2D eigenvalue weighted by Gasteiger charge is 2.70. The van der Waals surface area contributed by atoms with Crippen LogP contribution in [0.2, 0.25) is 0 Å². The minimum atomic E-state index is -1.85. The lowest BCUT2D eigenvalue weighted by Crippen LogP contribution is -2.67. The Hall–Kier alpha value is -0.980. The SMILES string of the molecule is C[C@H]1CN[C@@]2(O[C@H]3C[C@H]4[C@@H]5CC=C6C[C@@H](O[C@@H]7O[C@H](CO)[C@H](O)[C@H](O[C@@H]8O[C@H](CO)[C@@H](O)[C@H](O)[C@H]8O)[C@H]7O[C@@H]7O[C@@H](C)[C@H](O)[C@@H](O)[C@H]7O)CC[C@]6(C)[C@H]5CC[C@]4(C)[C@H]3[C@@H]2C)[C@@H](O)C1. The molecule has 0 bridgehead atoms. The standard InChI is InChI=1S/C45H73NO17/c1-18-12-29(49)45(46-15-18)19(2)30-26(63-45)14-25-23-7-6-21-13-22(8-10-43(21,4)24(23)9-11-44(25,30)5)58-42-39(62-40-36(55)34(53)31(50)20(3)57-40)38(33(52)28(17-48)60-42)61-41-37(56)35(54)32(51)27(16-47)59-41/h6,18-20,22-42,46-56H,7-17H2,1-5H3/t18-,19+,20+,22+,23-,24+,25+,26+,27-,28-,29+,30+,31+,32-,33+,34-,35+,36-,37-,38+,39-,40+,41+,42-,43+,44+,45+/m1/s1. The number of nitrogens with one attached hydrogen (secondary N) is 1. The summed E-state index contributed by atoms with van der Waals surface area (Å²) in [5.41, 5.74) is 0.627. The van der Waals surface area contributed by atoms with Crippen LogP contribution in [-0.2, 0) is 33.2 Å². The van der Waals surface area contributed by atoms with Gasteiger partial charge in [-0.25, -0.2) is 0 Å². The molecular weight excluding hydrogens is 826 g/mol. The maximum absolute atomic E-state index is 11.6. The van der Waals surface area contributed by atoms with Crippen LogP contribution in [0.25, 0.3) is 0 Å². The summed E-state index contributed by atoms with van der Waals surface area (Å²) in [5, 5.41) is 111. The molecule has 1 spiro atoms. The van der Waals surface area contributed by atoms with E-state index in [2.05, 4.69) is 39.1 Å². The zero-order chi connectivity index (χ0) is 45.1. The van der Waals surface area contributed by atoms with E-state index in [-0.39, 0.29) is 22.9 Å². The van der Waals surface area contributed by atoms with Crippen LogP contribution in [0.5, 0.6) is 0 Å². The minimum Gasteiger partial charge on any atom is -0.394 e. The largest absolute Gasteiger partial charge is 0.394 e. The van der Waals surface area contributed by atoms with Crippen molar-refractivity contribution in [3.05, 3.63) is 11.6 Å². The van der Waals surface area contributed by atoms with E-state index in [0.29, 0.717) is 42.4 Å². The van der Waals surface area contributed by atoms with Gasteiger partial charge in [0.05, 0.1) is 37.6 Å². The Morgan fingerprint density at radius 2 is 1.35 bits per heavy atom. The van der Waals surface area contributed by atoms with Gasteiger partial charge in [0.15, 0.2) is 18.9 Å². The van der Waals surface area contributed by atoms with Crippen LogP contribution in [-0.4, -0.2) is 187 Å². The topological polar surface area (TPSA) is 279 Å². The number of piperidine rings is 1. The van der Waals surface area contributed by atoms with E-state index in [1.807, 2.05) is 0 Å². The average Bonchev–Trinajstić information content (AvgIpc) is 3.72. The molecule has 0 aromatic carbocycles. The van der Waals surface area contributed by atoms with E-state index in [1.165, 1.54) is 12.5 Å². The van der Waals surface area contributed by atoms with Crippen LogP contribution in [0.4, 0.5) is 0 Å². The third-order valence-corrected chi connectivity index (χ3v) is 17.9. The van der Waals surface area contributed by atoms with E-state index in [1.54, 1.807) is 0 Å². The molecule has 0 aromatic rings. The van der Waals surface area contributed by atoms with Crippen LogP contribution in [0.3, 0.4) is 0 Å². The molecule has 18 heteroatoms. The molecule has 0 aromatic heterocycles. The first-order valence-electron chi connectivity index (χ1n) is 23.6. The number of aliphatic hydroxyl groups excluding tert-OH is 10. The highest BCUT2D eigenvalue weighted by atomic mass is 16.8. The van der Waals surface area contributed by atoms with E-state index in [0.717, 1.165) is 45.1 Å². The first-order valence-corrected chi connectivity index (χ1v) is 23.6. The van der Waals surface area contributed by atoms with Crippen molar-refractivity contribution >= 4 is 0 Å². The summed E-state index contributed by atoms with van der Waals surface area (Å²) < 4.78 is 43.7. The molecule has 3 saturated carbocycles. The lowest BCUT2D eigenvalue weighted by molar-refractivity contribution is -0.394. The first-order chi connectivity index (χ1) is 29.9. The van der Waals surface area contributed by atoms with Gasteiger partial charge in [0, 0.05) is 12.5 Å². The molecule has 0 radical (unpaired) electrons. The molecule has 5 aliphatic heterocycles. The Kier molecular flexibility index (Phi) is 13.1. The average molecular weight is 900 g/mol. The molecule has 11 N–H and O–H groups in total. The van der Waals surface area contributed by atoms with Crippen LogP contribution in [0.15, 0.2) is 11.6 Å². The Morgan fingerprint density at radius 1 is 0.698 bits per heavy atom. The van der Waals surface area contributed by atoms with Gasteiger partial charge >= 0.3 is 0 Å². The second-order valence-corrected chi connectivity index (χ2v) is 21.3. The van der Waals surface area contributed by atoms with Crippen LogP contribution >= 0.6 is 0 Å². The fraction of sp³-hybridized carbons (Fsp3) is 0.956. The summed E-state index contributed by atoms with van der Waals surface area (Å²) in [6.45, 7) is 10.2. The highest BCUT2D eigenvalue weighted by molar-refractivity contribution is 5.27. The maximum Gasteiger partial charge on any atom is 0.187 e. The molecule has 63 heavy (non-hydrogen) atoms. The number of allylic oxidation sites excluding steroid dienone is 1. The summed E-state index contributed by atoms with van der Waals surface area (Å²) in [5.74, 6) is 2.38. The Labute approximate surface area is 368 Å². The van der Waals surface area contributed by atoms with Crippen molar-refractivity contribution in [2.24, 2.45) is 46.3 Å². The van der Waals surface area contributed by atoms with Crippen molar-refractivity contribution in [3.63, 3.8) is 0 Å².